The lowest BCUT2D eigenvalue weighted by Crippen LogP contribution is -2.07. The van der Waals surface area contributed by atoms with Gasteiger partial charge in [0.1, 0.15) is 12.4 Å². The molecule has 25 heavy (non-hydrogen) atoms. The summed E-state index contributed by atoms with van der Waals surface area (Å²) in [5.41, 5.74) is 4.80. The van der Waals surface area contributed by atoms with Gasteiger partial charge in [-0.05, 0) is 23.8 Å². The zero-order valence-electron chi connectivity index (χ0n) is 14.3. The van der Waals surface area contributed by atoms with Crippen molar-refractivity contribution in [3.05, 3.63) is 65.2 Å². The molecule has 5 nitrogen and oxygen atoms in total. The second kappa shape index (κ2) is 9.59. The van der Waals surface area contributed by atoms with Gasteiger partial charge in [0.2, 0.25) is 0 Å². The summed E-state index contributed by atoms with van der Waals surface area (Å²) in [5, 5.41) is 4.67. The highest BCUT2D eigenvalue weighted by molar-refractivity contribution is 6.32. The Morgan fingerprint density at radius 2 is 1.92 bits per heavy atom. The fraction of sp³-hybridized carbons (Fsp3) is 0.211. The molecule has 0 spiro atoms. The minimum absolute atomic E-state index is 0.351. The van der Waals surface area contributed by atoms with Crippen LogP contribution in [0.1, 0.15) is 11.1 Å². The predicted molar refractivity (Wildman–Crippen MR) is 101 cm³/mol. The maximum absolute atomic E-state index is 6.26. The van der Waals surface area contributed by atoms with Crippen LogP contribution in [0, 0.1) is 0 Å². The van der Waals surface area contributed by atoms with Gasteiger partial charge in [0.05, 0.1) is 32.0 Å². The van der Waals surface area contributed by atoms with Gasteiger partial charge >= 0.3 is 0 Å². The first-order valence-corrected chi connectivity index (χ1v) is 8.06. The molecule has 0 bridgehead atoms. The van der Waals surface area contributed by atoms with Gasteiger partial charge in [-0.3, -0.25) is 0 Å². The molecule has 0 unspecified atom stereocenters. The summed E-state index contributed by atoms with van der Waals surface area (Å²) in [7, 11) is 3.21. The number of methoxy groups -OCH3 is 2. The zero-order valence-corrected chi connectivity index (χ0v) is 15.0. The minimum Gasteiger partial charge on any atom is -0.496 e. The number of benzene rings is 2. The summed E-state index contributed by atoms with van der Waals surface area (Å²) in [5.74, 6) is 1.85. The lowest BCUT2D eigenvalue weighted by atomic mass is 10.2. The number of nitrogens with zero attached hydrogens (tertiary/aromatic N) is 1. The van der Waals surface area contributed by atoms with E-state index in [0.717, 1.165) is 16.9 Å². The molecule has 0 atom stereocenters. The van der Waals surface area contributed by atoms with Crippen molar-refractivity contribution in [1.29, 1.82) is 0 Å². The molecule has 0 aliphatic rings. The molecule has 0 radical (unpaired) electrons. The monoisotopic (exact) mass is 360 g/mol. The molecular formula is C19H21ClN2O3. The molecule has 0 aromatic heterocycles. The third-order valence-corrected chi connectivity index (χ3v) is 3.64. The summed E-state index contributed by atoms with van der Waals surface area (Å²) in [6.45, 7) is 4.52. The summed E-state index contributed by atoms with van der Waals surface area (Å²) >= 11 is 6.26. The molecule has 2 aromatic carbocycles. The third-order valence-electron chi connectivity index (χ3n) is 3.36. The summed E-state index contributed by atoms with van der Waals surface area (Å²) in [4.78, 5) is 0. The molecule has 0 heterocycles. The van der Waals surface area contributed by atoms with Crippen molar-refractivity contribution in [3.8, 4) is 17.2 Å². The summed E-state index contributed by atoms with van der Waals surface area (Å²) < 4.78 is 16.2. The summed E-state index contributed by atoms with van der Waals surface area (Å²) in [6, 6.07) is 11.3. The van der Waals surface area contributed by atoms with Crippen molar-refractivity contribution in [2.75, 3.05) is 20.8 Å². The molecule has 6 heteroatoms. The molecule has 0 aliphatic heterocycles. The zero-order chi connectivity index (χ0) is 18.1. The van der Waals surface area contributed by atoms with Gasteiger partial charge < -0.3 is 19.6 Å². The van der Waals surface area contributed by atoms with Crippen molar-refractivity contribution in [2.24, 2.45) is 5.10 Å². The molecular weight excluding hydrogens is 340 g/mol. The number of hydrogen-bond acceptors (Lipinski definition) is 5. The Kier molecular flexibility index (Phi) is 7.16. The van der Waals surface area contributed by atoms with Crippen LogP contribution >= 0.6 is 11.6 Å². The van der Waals surface area contributed by atoms with E-state index in [1.54, 1.807) is 38.6 Å². The van der Waals surface area contributed by atoms with E-state index < -0.39 is 0 Å². The number of ether oxygens (including phenoxy) is 3. The molecule has 2 aromatic rings. The first kappa shape index (κ1) is 18.7. The molecule has 2 rings (SSSR count). The van der Waals surface area contributed by atoms with Crippen LogP contribution in [0.3, 0.4) is 0 Å². The fourth-order valence-electron chi connectivity index (χ4n) is 2.20. The smallest absolute Gasteiger partial charge is 0.180 e. The van der Waals surface area contributed by atoms with Gasteiger partial charge in [-0.25, -0.2) is 0 Å². The first-order chi connectivity index (χ1) is 12.2. The average Bonchev–Trinajstić information content (AvgIpc) is 2.64. The fourth-order valence-corrected chi connectivity index (χ4v) is 2.47. The van der Waals surface area contributed by atoms with E-state index in [0.29, 0.717) is 29.7 Å². The number of para-hydroxylation sites is 1. The Morgan fingerprint density at radius 1 is 1.16 bits per heavy atom. The van der Waals surface area contributed by atoms with Crippen LogP contribution in [0.5, 0.6) is 17.2 Å². The maximum Gasteiger partial charge on any atom is 0.180 e. The molecule has 1 N–H and O–H groups in total. The van der Waals surface area contributed by atoms with Gasteiger partial charge in [-0.2, -0.15) is 5.10 Å². The first-order valence-electron chi connectivity index (χ1n) is 7.68. The number of hydrogen-bond donors (Lipinski definition) is 1. The SMILES string of the molecule is C=CCOc1c(Cl)cc(/C=N\NCc2ccccc2OC)cc1OC. The van der Waals surface area contributed by atoms with Crippen LogP contribution in [0.4, 0.5) is 0 Å². The number of nitrogens with one attached hydrogen (secondary N) is 1. The molecule has 132 valence electrons. The van der Waals surface area contributed by atoms with Gasteiger partial charge in [-0.15, -0.1) is 0 Å². The van der Waals surface area contributed by atoms with Crippen LogP contribution in [-0.2, 0) is 6.54 Å². The van der Waals surface area contributed by atoms with Crippen molar-refractivity contribution in [2.45, 2.75) is 6.54 Å². The lowest BCUT2D eigenvalue weighted by Gasteiger charge is -2.12. The molecule has 0 amide bonds. The summed E-state index contributed by atoms with van der Waals surface area (Å²) in [6.07, 6.45) is 3.31. The van der Waals surface area contributed by atoms with E-state index in [1.165, 1.54) is 0 Å². The number of rotatable bonds is 9. The molecule has 0 aliphatic carbocycles. The van der Waals surface area contributed by atoms with Crippen molar-refractivity contribution in [3.63, 3.8) is 0 Å². The van der Waals surface area contributed by atoms with Gasteiger partial charge in [0.15, 0.2) is 11.5 Å². The topological polar surface area (TPSA) is 52.1 Å². The normalized spacial score (nSPS) is 10.5. The van der Waals surface area contributed by atoms with E-state index >= 15 is 0 Å². The van der Waals surface area contributed by atoms with Crippen LogP contribution in [0.15, 0.2) is 54.2 Å². The second-order valence-corrected chi connectivity index (χ2v) is 5.45. The molecule has 0 fully saturated rings. The Balaban J connectivity index is 2.05. The molecule has 0 saturated carbocycles. The number of halogens is 1. The molecule has 0 saturated heterocycles. The van der Waals surface area contributed by atoms with Crippen LogP contribution in [0.2, 0.25) is 5.02 Å². The highest BCUT2D eigenvalue weighted by Gasteiger charge is 2.11. The highest BCUT2D eigenvalue weighted by atomic mass is 35.5. The average molecular weight is 361 g/mol. The largest absolute Gasteiger partial charge is 0.496 e. The van der Waals surface area contributed by atoms with Crippen LogP contribution in [0.25, 0.3) is 0 Å². The minimum atomic E-state index is 0.351. The lowest BCUT2D eigenvalue weighted by molar-refractivity contribution is 0.326. The van der Waals surface area contributed by atoms with Crippen molar-refractivity contribution >= 4 is 17.8 Å². The standard InChI is InChI=1S/C19H21ClN2O3/c1-4-9-25-19-16(20)10-14(11-18(19)24-3)12-21-22-13-15-7-5-6-8-17(15)23-2/h4-8,10-12,22H,1,9,13H2,2-3H3/b21-12-. The van der Waals surface area contributed by atoms with Gasteiger partial charge in [0.25, 0.3) is 0 Å². The third kappa shape index (κ3) is 5.16. The van der Waals surface area contributed by atoms with E-state index in [9.17, 15) is 0 Å². The van der Waals surface area contributed by atoms with Gasteiger partial charge in [-0.1, -0.05) is 42.5 Å². The maximum atomic E-state index is 6.26. The van der Waals surface area contributed by atoms with E-state index in [-0.39, 0.29) is 0 Å². The Bertz CT molecular complexity index is 747. The number of hydrazone groups is 1. The van der Waals surface area contributed by atoms with E-state index in [4.69, 9.17) is 25.8 Å². The van der Waals surface area contributed by atoms with Crippen molar-refractivity contribution < 1.29 is 14.2 Å². The van der Waals surface area contributed by atoms with E-state index in [1.807, 2.05) is 24.3 Å². The highest BCUT2D eigenvalue weighted by Crippen LogP contribution is 2.36. The second-order valence-electron chi connectivity index (χ2n) is 5.04. The Labute approximate surface area is 152 Å². The quantitative estimate of drug-likeness (QED) is 0.416. The van der Waals surface area contributed by atoms with Crippen LogP contribution in [-0.4, -0.2) is 27.0 Å². The van der Waals surface area contributed by atoms with Crippen LogP contribution < -0.4 is 19.6 Å². The van der Waals surface area contributed by atoms with Gasteiger partial charge in [0, 0.05) is 5.56 Å². The predicted octanol–water partition coefficient (Wildman–Crippen LogP) is 4.05. The Hall–Kier alpha value is -2.66. The van der Waals surface area contributed by atoms with Crippen molar-refractivity contribution in [1.82, 2.24) is 5.43 Å². The van der Waals surface area contributed by atoms with E-state index in [2.05, 4.69) is 17.1 Å². The Morgan fingerprint density at radius 3 is 2.64 bits per heavy atom.